The first-order chi connectivity index (χ1) is 14.9. The molecular formula is C24H27N3O4. The molecule has 31 heavy (non-hydrogen) atoms. The van der Waals surface area contributed by atoms with Crippen molar-refractivity contribution in [2.24, 2.45) is 0 Å². The second kappa shape index (κ2) is 10.0. The lowest BCUT2D eigenvalue weighted by Crippen LogP contribution is -2.34. The van der Waals surface area contributed by atoms with Gasteiger partial charge in [-0.3, -0.25) is 19.3 Å². The van der Waals surface area contributed by atoms with Gasteiger partial charge in [0.05, 0.1) is 11.7 Å². The fourth-order valence-corrected chi connectivity index (χ4v) is 3.29. The van der Waals surface area contributed by atoms with Gasteiger partial charge in [-0.1, -0.05) is 30.3 Å². The number of nitrogens with one attached hydrogen (secondary N) is 2. The molecule has 0 bridgehead atoms. The molecule has 0 atom stereocenters. The van der Waals surface area contributed by atoms with Crippen LogP contribution in [0.1, 0.15) is 32.8 Å². The summed E-state index contributed by atoms with van der Waals surface area (Å²) in [6.45, 7) is 6.09. The van der Waals surface area contributed by atoms with Crippen LogP contribution in [0.2, 0.25) is 0 Å². The molecule has 0 saturated carbocycles. The molecule has 7 heteroatoms. The first-order valence-electron chi connectivity index (χ1n) is 10.3. The van der Waals surface area contributed by atoms with E-state index >= 15 is 0 Å². The second-order valence-electron chi connectivity index (χ2n) is 7.53. The van der Waals surface area contributed by atoms with Gasteiger partial charge in [0.15, 0.2) is 0 Å². The van der Waals surface area contributed by atoms with Crippen molar-refractivity contribution in [1.29, 1.82) is 0 Å². The number of carbonyl (C=O) groups is 3. The predicted molar refractivity (Wildman–Crippen MR) is 120 cm³/mol. The lowest BCUT2D eigenvalue weighted by atomic mass is 10.0. The van der Waals surface area contributed by atoms with Crippen LogP contribution in [0.3, 0.4) is 0 Å². The van der Waals surface area contributed by atoms with E-state index in [1.54, 1.807) is 24.3 Å². The van der Waals surface area contributed by atoms with Crippen LogP contribution in [0.15, 0.2) is 60.3 Å². The van der Waals surface area contributed by atoms with E-state index < -0.39 is 0 Å². The van der Waals surface area contributed by atoms with Crippen LogP contribution in [0, 0.1) is 0 Å². The van der Waals surface area contributed by atoms with Crippen molar-refractivity contribution in [3.05, 3.63) is 65.9 Å². The third-order valence-electron chi connectivity index (χ3n) is 4.68. The van der Waals surface area contributed by atoms with Crippen LogP contribution >= 0.6 is 0 Å². The fourth-order valence-electron chi connectivity index (χ4n) is 3.29. The third-order valence-corrected chi connectivity index (χ3v) is 4.68. The Bertz CT molecular complexity index is 982. The zero-order chi connectivity index (χ0) is 22.4. The minimum Gasteiger partial charge on any atom is -0.379 e. The van der Waals surface area contributed by atoms with Gasteiger partial charge < -0.3 is 15.4 Å². The zero-order valence-corrected chi connectivity index (χ0v) is 18.0. The summed E-state index contributed by atoms with van der Waals surface area (Å²) in [5.74, 6) is -0.846. The molecule has 0 fully saturated rings. The van der Waals surface area contributed by atoms with Gasteiger partial charge in [-0.15, -0.1) is 0 Å². The molecule has 2 aromatic rings. The molecule has 3 amide bonds. The van der Waals surface area contributed by atoms with Crippen LogP contribution in [0.4, 0.5) is 11.4 Å². The van der Waals surface area contributed by atoms with E-state index in [2.05, 4.69) is 10.6 Å². The summed E-state index contributed by atoms with van der Waals surface area (Å²) in [5, 5.41) is 5.81. The highest BCUT2D eigenvalue weighted by molar-refractivity contribution is 6.36. The maximum absolute atomic E-state index is 13.1. The van der Waals surface area contributed by atoms with E-state index in [4.69, 9.17) is 4.74 Å². The molecule has 1 aliphatic heterocycles. The molecule has 0 saturated heterocycles. The number of hydrogen-bond acceptors (Lipinski definition) is 5. The number of nitrogens with zero attached hydrogens (tertiary/aromatic N) is 1. The van der Waals surface area contributed by atoms with Gasteiger partial charge in [0.25, 0.3) is 11.8 Å². The lowest BCUT2D eigenvalue weighted by molar-refractivity contribution is -0.137. The molecule has 162 valence electrons. The minimum atomic E-state index is -0.362. The predicted octanol–water partition coefficient (Wildman–Crippen LogP) is 3.65. The molecule has 1 heterocycles. The highest BCUT2D eigenvalue weighted by Gasteiger charge is 2.38. The topological polar surface area (TPSA) is 87.7 Å². The first-order valence-corrected chi connectivity index (χ1v) is 10.3. The van der Waals surface area contributed by atoms with E-state index in [0.29, 0.717) is 35.5 Å². The van der Waals surface area contributed by atoms with Gasteiger partial charge in [-0.2, -0.15) is 0 Å². The molecule has 2 aromatic carbocycles. The Morgan fingerprint density at radius 3 is 2.23 bits per heavy atom. The SMILES string of the molecule is CC(=O)Nc1ccc(NC2=C(c3ccccc3)C(=O)N(CCCOC(C)C)C2=O)cc1. The Kier molecular flexibility index (Phi) is 7.20. The van der Waals surface area contributed by atoms with Crippen molar-refractivity contribution in [3.8, 4) is 0 Å². The minimum absolute atomic E-state index is 0.0978. The Morgan fingerprint density at radius 1 is 0.968 bits per heavy atom. The number of carbonyl (C=O) groups excluding carboxylic acids is 3. The average Bonchev–Trinajstić information content (AvgIpc) is 2.96. The van der Waals surface area contributed by atoms with Gasteiger partial charge >= 0.3 is 0 Å². The monoisotopic (exact) mass is 421 g/mol. The Morgan fingerprint density at radius 2 is 1.61 bits per heavy atom. The first kappa shape index (κ1) is 22.2. The van der Waals surface area contributed by atoms with Crippen molar-refractivity contribution < 1.29 is 19.1 Å². The number of rotatable bonds is 9. The highest BCUT2D eigenvalue weighted by atomic mass is 16.5. The molecule has 0 radical (unpaired) electrons. The number of benzene rings is 2. The van der Waals surface area contributed by atoms with Crippen LogP contribution in [-0.4, -0.2) is 41.9 Å². The summed E-state index contributed by atoms with van der Waals surface area (Å²) in [4.78, 5) is 38.7. The number of ether oxygens (including phenoxy) is 1. The van der Waals surface area contributed by atoms with Gasteiger partial charge in [0.1, 0.15) is 5.70 Å². The van der Waals surface area contributed by atoms with Gasteiger partial charge in [0.2, 0.25) is 5.91 Å². The summed E-state index contributed by atoms with van der Waals surface area (Å²) in [5.41, 5.74) is 2.56. The Hall–Kier alpha value is -3.45. The highest BCUT2D eigenvalue weighted by Crippen LogP contribution is 2.30. The standard InChI is InChI=1S/C24H27N3O4/c1-16(2)31-15-7-14-27-23(29)21(18-8-5-4-6-9-18)22(24(27)30)26-20-12-10-19(11-13-20)25-17(3)28/h4-6,8-13,16,26H,7,14-15H2,1-3H3,(H,25,28). The number of hydrogen-bond donors (Lipinski definition) is 2. The molecule has 1 aliphatic rings. The van der Waals surface area contributed by atoms with Gasteiger partial charge in [-0.25, -0.2) is 0 Å². The number of anilines is 2. The van der Waals surface area contributed by atoms with E-state index in [9.17, 15) is 14.4 Å². The zero-order valence-electron chi connectivity index (χ0n) is 18.0. The number of amides is 3. The number of imide groups is 1. The summed E-state index contributed by atoms with van der Waals surface area (Å²) in [6, 6.07) is 16.1. The van der Waals surface area contributed by atoms with Crippen molar-refractivity contribution >= 4 is 34.7 Å². The van der Waals surface area contributed by atoms with Gasteiger partial charge in [-0.05, 0) is 50.1 Å². The summed E-state index contributed by atoms with van der Waals surface area (Å²) >= 11 is 0. The normalized spacial score (nSPS) is 13.9. The molecule has 0 aliphatic carbocycles. The largest absolute Gasteiger partial charge is 0.379 e. The van der Waals surface area contributed by atoms with Crippen molar-refractivity contribution in [3.63, 3.8) is 0 Å². The molecule has 0 aromatic heterocycles. The van der Waals surface area contributed by atoms with E-state index in [1.165, 1.54) is 11.8 Å². The Labute approximate surface area is 182 Å². The van der Waals surface area contributed by atoms with Crippen LogP contribution < -0.4 is 10.6 Å². The maximum atomic E-state index is 13.1. The quantitative estimate of drug-likeness (QED) is 0.477. The molecule has 3 rings (SSSR count). The van der Waals surface area contributed by atoms with Crippen LogP contribution in [0.5, 0.6) is 0 Å². The fraction of sp³-hybridized carbons (Fsp3) is 0.292. The van der Waals surface area contributed by atoms with E-state index in [-0.39, 0.29) is 36.1 Å². The second-order valence-corrected chi connectivity index (χ2v) is 7.53. The smallest absolute Gasteiger partial charge is 0.278 e. The van der Waals surface area contributed by atoms with Crippen molar-refractivity contribution in [2.75, 3.05) is 23.8 Å². The van der Waals surface area contributed by atoms with E-state index in [1.807, 2.05) is 44.2 Å². The van der Waals surface area contributed by atoms with Crippen molar-refractivity contribution in [1.82, 2.24) is 4.90 Å². The maximum Gasteiger partial charge on any atom is 0.278 e. The average molecular weight is 421 g/mol. The molecule has 0 unspecified atom stereocenters. The molecular weight excluding hydrogens is 394 g/mol. The van der Waals surface area contributed by atoms with Gasteiger partial charge in [0, 0.05) is 31.5 Å². The summed E-state index contributed by atoms with van der Waals surface area (Å²) < 4.78 is 5.54. The lowest BCUT2D eigenvalue weighted by Gasteiger charge is -2.16. The summed E-state index contributed by atoms with van der Waals surface area (Å²) in [6.07, 6.45) is 0.664. The third kappa shape index (κ3) is 5.58. The summed E-state index contributed by atoms with van der Waals surface area (Å²) in [7, 11) is 0. The Balaban J connectivity index is 1.84. The van der Waals surface area contributed by atoms with E-state index in [0.717, 1.165) is 0 Å². The molecule has 2 N–H and O–H groups in total. The van der Waals surface area contributed by atoms with Crippen LogP contribution in [-0.2, 0) is 19.1 Å². The molecule has 7 nitrogen and oxygen atoms in total. The molecule has 0 spiro atoms. The van der Waals surface area contributed by atoms with Crippen LogP contribution in [0.25, 0.3) is 5.57 Å². The van der Waals surface area contributed by atoms with Crippen molar-refractivity contribution in [2.45, 2.75) is 33.3 Å².